The zero-order valence-corrected chi connectivity index (χ0v) is 14.8. The Balaban J connectivity index is 1.52. The van der Waals surface area contributed by atoms with Gasteiger partial charge in [-0.1, -0.05) is 6.07 Å². The SMILES string of the molecule is CN=C(NCC1CCCO1)NCC(c1cccs1)N1CCCC1. The molecule has 5 nitrogen and oxygen atoms in total. The zero-order chi connectivity index (χ0) is 15.9. The maximum Gasteiger partial charge on any atom is 0.191 e. The molecule has 0 aliphatic carbocycles. The number of ether oxygens (including phenoxy) is 1. The number of nitrogens with zero attached hydrogens (tertiary/aromatic N) is 2. The largest absolute Gasteiger partial charge is 0.376 e. The van der Waals surface area contributed by atoms with E-state index < -0.39 is 0 Å². The summed E-state index contributed by atoms with van der Waals surface area (Å²) in [5.74, 6) is 0.876. The summed E-state index contributed by atoms with van der Waals surface area (Å²) >= 11 is 1.85. The molecule has 128 valence electrons. The number of likely N-dealkylation sites (tertiary alicyclic amines) is 1. The minimum absolute atomic E-state index is 0.334. The summed E-state index contributed by atoms with van der Waals surface area (Å²) in [6.07, 6.45) is 5.28. The topological polar surface area (TPSA) is 48.9 Å². The highest BCUT2D eigenvalue weighted by Crippen LogP contribution is 2.27. The van der Waals surface area contributed by atoms with E-state index in [9.17, 15) is 0 Å². The van der Waals surface area contributed by atoms with E-state index in [2.05, 4.69) is 38.0 Å². The van der Waals surface area contributed by atoms with Crippen molar-refractivity contribution in [2.75, 3.05) is 39.8 Å². The Labute approximate surface area is 143 Å². The molecule has 2 aliphatic rings. The smallest absolute Gasteiger partial charge is 0.191 e. The van der Waals surface area contributed by atoms with Gasteiger partial charge in [-0.3, -0.25) is 9.89 Å². The Bertz CT molecular complexity index is 479. The van der Waals surface area contributed by atoms with Gasteiger partial charge in [-0.25, -0.2) is 0 Å². The molecule has 3 rings (SSSR count). The molecule has 0 radical (unpaired) electrons. The number of rotatable bonds is 6. The van der Waals surface area contributed by atoms with Crippen molar-refractivity contribution in [3.05, 3.63) is 22.4 Å². The third-order valence-corrected chi connectivity index (χ3v) is 5.63. The van der Waals surface area contributed by atoms with E-state index in [0.29, 0.717) is 12.1 Å². The van der Waals surface area contributed by atoms with Crippen molar-refractivity contribution in [1.29, 1.82) is 0 Å². The summed E-state index contributed by atoms with van der Waals surface area (Å²) in [7, 11) is 1.83. The van der Waals surface area contributed by atoms with Crippen molar-refractivity contribution in [3.8, 4) is 0 Å². The molecule has 1 aromatic heterocycles. The van der Waals surface area contributed by atoms with Crippen LogP contribution in [0.2, 0.25) is 0 Å². The van der Waals surface area contributed by atoms with Gasteiger partial charge in [0.15, 0.2) is 5.96 Å². The van der Waals surface area contributed by atoms with Crippen LogP contribution in [-0.2, 0) is 4.74 Å². The predicted molar refractivity (Wildman–Crippen MR) is 96.2 cm³/mol. The first kappa shape index (κ1) is 16.7. The number of hydrogen-bond acceptors (Lipinski definition) is 4. The van der Waals surface area contributed by atoms with Crippen molar-refractivity contribution in [1.82, 2.24) is 15.5 Å². The van der Waals surface area contributed by atoms with E-state index in [0.717, 1.165) is 32.1 Å². The van der Waals surface area contributed by atoms with E-state index in [-0.39, 0.29) is 0 Å². The Morgan fingerprint density at radius 1 is 1.39 bits per heavy atom. The fourth-order valence-corrected chi connectivity index (χ4v) is 4.23. The van der Waals surface area contributed by atoms with Gasteiger partial charge in [0, 0.05) is 31.6 Å². The van der Waals surface area contributed by atoms with Gasteiger partial charge in [-0.15, -0.1) is 11.3 Å². The number of hydrogen-bond donors (Lipinski definition) is 2. The second-order valence-corrected chi connectivity index (χ2v) is 7.22. The highest BCUT2D eigenvalue weighted by atomic mass is 32.1. The van der Waals surface area contributed by atoms with Crippen molar-refractivity contribution >= 4 is 17.3 Å². The van der Waals surface area contributed by atoms with E-state index in [4.69, 9.17) is 4.74 Å². The van der Waals surface area contributed by atoms with Gasteiger partial charge in [0.05, 0.1) is 12.1 Å². The molecule has 2 aliphatic heterocycles. The number of guanidine groups is 1. The standard InChI is InChI=1S/C17H28N4OS/c1-18-17(19-12-14-6-4-10-22-14)20-13-15(16-7-5-11-23-16)21-8-2-3-9-21/h5,7,11,14-15H,2-4,6,8-10,12-13H2,1H3,(H2,18,19,20). The molecule has 2 atom stereocenters. The highest BCUT2D eigenvalue weighted by molar-refractivity contribution is 7.10. The van der Waals surface area contributed by atoms with Crippen LogP contribution in [0.4, 0.5) is 0 Å². The van der Waals surface area contributed by atoms with E-state index >= 15 is 0 Å². The van der Waals surface area contributed by atoms with Gasteiger partial charge in [0.2, 0.25) is 0 Å². The summed E-state index contributed by atoms with van der Waals surface area (Å²) in [6, 6.07) is 4.84. The lowest BCUT2D eigenvalue weighted by Crippen LogP contribution is -2.44. The Hall–Kier alpha value is -1.11. The van der Waals surface area contributed by atoms with Gasteiger partial charge in [-0.05, 0) is 50.2 Å². The monoisotopic (exact) mass is 336 g/mol. The Morgan fingerprint density at radius 2 is 2.26 bits per heavy atom. The average molecular weight is 337 g/mol. The first-order valence-corrected chi connectivity index (χ1v) is 9.58. The maximum atomic E-state index is 5.66. The molecule has 23 heavy (non-hydrogen) atoms. The van der Waals surface area contributed by atoms with Crippen molar-refractivity contribution in [2.24, 2.45) is 4.99 Å². The van der Waals surface area contributed by atoms with Crippen LogP contribution in [0.3, 0.4) is 0 Å². The van der Waals surface area contributed by atoms with Gasteiger partial charge in [-0.2, -0.15) is 0 Å². The van der Waals surface area contributed by atoms with Gasteiger partial charge < -0.3 is 15.4 Å². The van der Waals surface area contributed by atoms with Crippen LogP contribution in [0, 0.1) is 0 Å². The third-order valence-electron chi connectivity index (χ3n) is 4.66. The molecule has 6 heteroatoms. The average Bonchev–Trinajstić information content (AvgIpc) is 3.34. The van der Waals surface area contributed by atoms with Crippen LogP contribution >= 0.6 is 11.3 Å². The molecular formula is C17H28N4OS. The summed E-state index contributed by atoms with van der Waals surface area (Å²) < 4.78 is 5.66. The van der Waals surface area contributed by atoms with Crippen LogP contribution in [0.25, 0.3) is 0 Å². The minimum atomic E-state index is 0.334. The zero-order valence-electron chi connectivity index (χ0n) is 14.0. The Kier molecular flexibility index (Phi) is 6.30. The summed E-state index contributed by atoms with van der Waals surface area (Å²) in [5, 5.41) is 9.08. The summed E-state index contributed by atoms with van der Waals surface area (Å²) in [4.78, 5) is 8.38. The lowest BCUT2D eigenvalue weighted by molar-refractivity contribution is 0.113. The molecule has 0 saturated carbocycles. The van der Waals surface area contributed by atoms with Crippen LogP contribution in [0.1, 0.15) is 36.6 Å². The molecule has 0 amide bonds. The molecule has 3 heterocycles. The molecule has 0 bridgehead atoms. The minimum Gasteiger partial charge on any atom is -0.376 e. The van der Waals surface area contributed by atoms with Crippen LogP contribution in [-0.4, -0.2) is 56.8 Å². The fraction of sp³-hybridized carbons (Fsp3) is 0.706. The second-order valence-electron chi connectivity index (χ2n) is 6.24. The molecule has 0 spiro atoms. The van der Waals surface area contributed by atoms with Crippen molar-refractivity contribution in [2.45, 2.75) is 37.8 Å². The normalized spacial score (nSPS) is 24.0. The lowest BCUT2D eigenvalue weighted by Gasteiger charge is -2.27. The third kappa shape index (κ3) is 4.68. The van der Waals surface area contributed by atoms with E-state index in [1.165, 1.54) is 37.2 Å². The molecule has 0 aromatic carbocycles. The van der Waals surface area contributed by atoms with Crippen LogP contribution in [0.5, 0.6) is 0 Å². The fourth-order valence-electron chi connectivity index (χ4n) is 3.37. The number of thiophene rings is 1. The van der Waals surface area contributed by atoms with Gasteiger partial charge >= 0.3 is 0 Å². The second kappa shape index (κ2) is 8.66. The molecule has 1 aromatic rings. The summed E-state index contributed by atoms with van der Waals surface area (Å²) in [5.41, 5.74) is 0. The van der Waals surface area contributed by atoms with Crippen LogP contribution in [0.15, 0.2) is 22.5 Å². The molecule has 2 N–H and O–H groups in total. The number of nitrogens with one attached hydrogen (secondary N) is 2. The molecule has 2 unspecified atom stereocenters. The highest BCUT2D eigenvalue weighted by Gasteiger charge is 2.24. The first-order chi connectivity index (χ1) is 11.4. The van der Waals surface area contributed by atoms with E-state index in [1.807, 2.05) is 18.4 Å². The predicted octanol–water partition coefficient (Wildman–Crippen LogP) is 2.23. The number of aliphatic imine (C=N–C) groups is 1. The molecule has 2 fully saturated rings. The van der Waals surface area contributed by atoms with Crippen molar-refractivity contribution < 1.29 is 4.74 Å². The lowest BCUT2D eigenvalue weighted by atomic mass is 10.2. The first-order valence-electron chi connectivity index (χ1n) is 8.70. The van der Waals surface area contributed by atoms with E-state index in [1.54, 1.807) is 0 Å². The van der Waals surface area contributed by atoms with Crippen LogP contribution < -0.4 is 10.6 Å². The maximum absolute atomic E-state index is 5.66. The summed E-state index contributed by atoms with van der Waals surface area (Å²) in [6.45, 7) is 5.03. The quantitative estimate of drug-likeness (QED) is 0.618. The van der Waals surface area contributed by atoms with Gasteiger partial charge in [0.1, 0.15) is 0 Å². The van der Waals surface area contributed by atoms with Crippen molar-refractivity contribution in [3.63, 3.8) is 0 Å². The Morgan fingerprint density at radius 3 is 2.91 bits per heavy atom. The van der Waals surface area contributed by atoms with Gasteiger partial charge in [0.25, 0.3) is 0 Å². The molecular weight excluding hydrogens is 308 g/mol. The molecule has 2 saturated heterocycles.